The lowest BCUT2D eigenvalue weighted by Crippen LogP contribution is -2.23. The van der Waals surface area contributed by atoms with Crippen LogP contribution in [0.2, 0.25) is 0 Å². The highest BCUT2D eigenvalue weighted by molar-refractivity contribution is 9.10. The molecule has 0 aliphatic rings. The lowest BCUT2D eigenvalue weighted by Gasteiger charge is -2.09. The maximum absolute atomic E-state index is 13.2. The molecule has 0 atom stereocenters. The van der Waals surface area contributed by atoms with E-state index in [1.54, 1.807) is 6.20 Å². The minimum absolute atomic E-state index is 0.0740. The molecule has 0 unspecified atom stereocenters. The monoisotopic (exact) mass is 379 g/mol. The van der Waals surface area contributed by atoms with Crippen LogP contribution in [0.15, 0.2) is 27.7 Å². The lowest BCUT2D eigenvalue weighted by molar-refractivity contribution is 0.579. The Kier molecular flexibility index (Phi) is 4.43. The van der Waals surface area contributed by atoms with Gasteiger partial charge in [-0.25, -0.2) is 22.5 Å². The summed E-state index contributed by atoms with van der Waals surface area (Å²) in [6, 6.07) is 2.10. The molecular formula is C11H11BrFN3O2S2. The first-order valence-corrected chi connectivity index (χ1v) is 8.54. The summed E-state index contributed by atoms with van der Waals surface area (Å²) >= 11 is 4.42. The van der Waals surface area contributed by atoms with Gasteiger partial charge in [-0.05, 0) is 35.0 Å². The maximum atomic E-state index is 13.2. The molecule has 2 rings (SSSR count). The van der Waals surface area contributed by atoms with E-state index in [0.29, 0.717) is 5.01 Å². The van der Waals surface area contributed by atoms with Gasteiger partial charge < -0.3 is 5.73 Å². The van der Waals surface area contributed by atoms with Crippen LogP contribution >= 0.6 is 27.3 Å². The van der Waals surface area contributed by atoms with E-state index in [0.717, 1.165) is 17.0 Å². The molecule has 1 aromatic heterocycles. The van der Waals surface area contributed by atoms with Crippen molar-refractivity contribution in [3.8, 4) is 0 Å². The van der Waals surface area contributed by atoms with Crippen LogP contribution in [0, 0.1) is 12.7 Å². The van der Waals surface area contributed by atoms with Gasteiger partial charge in [0.25, 0.3) is 0 Å². The molecule has 1 aromatic carbocycles. The first kappa shape index (κ1) is 15.4. The van der Waals surface area contributed by atoms with Crippen LogP contribution < -0.4 is 10.5 Å². The number of benzene rings is 1. The molecule has 0 radical (unpaired) electrons. The highest BCUT2D eigenvalue weighted by Gasteiger charge is 2.20. The fourth-order valence-electron chi connectivity index (χ4n) is 1.47. The number of rotatable bonds is 4. The van der Waals surface area contributed by atoms with Crippen LogP contribution in [0.4, 0.5) is 10.1 Å². The Bertz CT molecular complexity index is 746. The number of nitrogen functional groups attached to an aromatic ring is 1. The van der Waals surface area contributed by atoms with Crippen LogP contribution in [0.25, 0.3) is 0 Å². The summed E-state index contributed by atoms with van der Waals surface area (Å²) in [6.45, 7) is 1.96. The van der Waals surface area contributed by atoms with Gasteiger partial charge in [0.15, 0.2) is 0 Å². The van der Waals surface area contributed by atoms with Crippen molar-refractivity contribution in [3.05, 3.63) is 38.5 Å². The first-order chi connectivity index (χ1) is 9.29. The predicted molar refractivity (Wildman–Crippen MR) is 79.4 cm³/mol. The summed E-state index contributed by atoms with van der Waals surface area (Å²) < 4.78 is 40.1. The molecule has 0 saturated heterocycles. The van der Waals surface area contributed by atoms with Gasteiger partial charge in [-0.15, -0.1) is 11.3 Å². The molecule has 0 spiro atoms. The topological polar surface area (TPSA) is 85.1 Å². The normalized spacial score (nSPS) is 11.8. The van der Waals surface area contributed by atoms with Gasteiger partial charge in [-0.1, -0.05) is 0 Å². The largest absolute Gasteiger partial charge is 0.396 e. The Morgan fingerprint density at radius 1 is 1.50 bits per heavy atom. The Morgan fingerprint density at radius 3 is 2.80 bits per heavy atom. The number of aryl methyl sites for hydroxylation is 1. The molecule has 1 heterocycles. The zero-order valence-electron chi connectivity index (χ0n) is 10.4. The number of nitrogens with two attached hydrogens (primary N) is 1. The van der Waals surface area contributed by atoms with Crippen LogP contribution in [-0.4, -0.2) is 13.4 Å². The summed E-state index contributed by atoms with van der Waals surface area (Å²) in [5.41, 5.74) is 5.18. The molecule has 3 N–H and O–H groups in total. The van der Waals surface area contributed by atoms with Gasteiger partial charge in [-0.3, -0.25) is 0 Å². The number of hydrogen-bond acceptors (Lipinski definition) is 5. The molecule has 0 bridgehead atoms. The second-order valence-electron chi connectivity index (χ2n) is 3.99. The van der Waals surface area contributed by atoms with Crippen molar-refractivity contribution in [2.75, 3.05) is 5.73 Å². The molecule has 5 nitrogen and oxygen atoms in total. The summed E-state index contributed by atoms with van der Waals surface area (Å²) in [7, 11) is -3.80. The van der Waals surface area contributed by atoms with Crippen molar-refractivity contribution in [1.29, 1.82) is 0 Å². The predicted octanol–water partition coefficient (Wildman–Crippen LogP) is 2.41. The first-order valence-electron chi connectivity index (χ1n) is 5.45. The maximum Gasteiger partial charge on any atom is 0.242 e. The molecule has 9 heteroatoms. The number of nitrogens with zero attached hydrogens (tertiary/aromatic N) is 1. The number of sulfonamides is 1. The zero-order chi connectivity index (χ0) is 14.9. The molecule has 0 amide bonds. The number of hydrogen-bond donors (Lipinski definition) is 2. The third-order valence-electron chi connectivity index (χ3n) is 2.42. The number of nitrogens with one attached hydrogen (secondary N) is 1. The highest BCUT2D eigenvalue weighted by Crippen LogP contribution is 2.26. The van der Waals surface area contributed by atoms with E-state index in [4.69, 9.17) is 5.73 Å². The van der Waals surface area contributed by atoms with E-state index in [1.807, 2.05) is 6.92 Å². The van der Waals surface area contributed by atoms with Gasteiger partial charge in [-0.2, -0.15) is 0 Å². The Morgan fingerprint density at radius 2 is 2.20 bits per heavy atom. The zero-order valence-corrected chi connectivity index (χ0v) is 13.6. The van der Waals surface area contributed by atoms with Crippen LogP contribution in [0.5, 0.6) is 0 Å². The summed E-state index contributed by atoms with van der Waals surface area (Å²) in [6.07, 6.45) is 1.67. The third kappa shape index (κ3) is 3.35. The van der Waals surface area contributed by atoms with Gasteiger partial charge in [0.2, 0.25) is 10.0 Å². The smallest absolute Gasteiger partial charge is 0.242 e. The second kappa shape index (κ2) is 5.76. The van der Waals surface area contributed by atoms with Crippen LogP contribution in [0.3, 0.4) is 0 Å². The Hall–Kier alpha value is -1.03. The van der Waals surface area contributed by atoms with E-state index < -0.39 is 15.8 Å². The van der Waals surface area contributed by atoms with Crippen molar-refractivity contribution in [3.63, 3.8) is 0 Å². The van der Waals surface area contributed by atoms with Crippen molar-refractivity contribution in [1.82, 2.24) is 9.71 Å². The van der Waals surface area contributed by atoms with Gasteiger partial charge in [0.05, 0.1) is 17.1 Å². The van der Waals surface area contributed by atoms with Crippen molar-refractivity contribution in [2.24, 2.45) is 0 Å². The van der Waals surface area contributed by atoms with E-state index in [-0.39, 0.29) is 21.6 Å². The summed E-state index contributed by atoms with van der Waals surface area (Å²) in [4.78, 5) is 4.95. The van der Waals surface area contributed by atoms with Crippen molar-refractivity contribution in [2.45, 2.75) is 18.4 Å². The SMILES string of the molecule is Cc1cnc(CNS(=O)(=O)c2cc(N)c(F)cc2Br)s1. The number of halogens is 2. The van der Waals surface area contributed by atoms with Gasteiger partial charge in [0.1, 0.15) is 10.8 Å². The van der Waals surface area contributed by atoms with E-state index in [9.17, 15) is 12.8 Å². The third-order valence-corrected chi connectivity index (χ3v) is 5.70. The molecule has 0 aliphatic carbocycles. The Labute approximate surface area is 128 Å². The minimum atomic E-state index is -3.80. The number of anilines is 1. The number of thiazole rings is 1. The molecule has 0 aliphatic heterocycles. The lowest BCUT2D eigenvalue weighted by atomic mass is 10.3. The van der Waals surface area contributed by atoms with Gasteiger partial charge >= 0.3 is 0 Å². The van der Waals surface area contributed by atoms with Crippen LogP contribution in [-0.2, 0) is 16.6 Å². The molecule has 0 saturated carbocycles. The minimum Gasteiger partial charge on any atom is -0.396 e. The summed E-state index contributed by atoms with van der Waals surface area (Å²) in [5.74, 6) is -0.675. The Balaban J connectivity index is 2.24. The second-order valence-corrected chi connectivity index (χ2v) is 7.90. The van der Waals surface area contributed by atoms with Crippen LogP contribution in [0.1, 0.15) is 9.88 Å². The fraction of sp³-hybridized carbons (Fsp3) is 0.182. The van der Waals surface area contributed by atoms with Crippen molar-refractivity contribution < 1.29 is 12.8 Å². The molecule has 2 aromatic rings. The fourth-order valence-corrected chi connectivity index (χ4v) is 4.32. The number of aromatic nitrogens is 1. The molecular weight excluding hydrogens is 369 g/mol. The van der Waals surface area contributed by atoms with E-state index in [1.165, 1.54) is 11.3 Å². The molecule has 108 valence electrons. The van der Waals surface area contributed by atoms with Crippen molar-refractivity contribution >= 4 is 43.0 Å². The van der Waals surface area contributed by atoms with E-state index in [2.05, 4.69) is 25.6 Å². The van der Waals surface area contributed by atoms with E-state index >= 15 is 0 Å². The quantitative estimate of drug-likeness (QED) is 0.798. The molecule has 0 fully saturated rings. The molecule has 20 heavy (non-hydrogen) atoms. The average Bonchev–Trinajstić information content (AvgIpc) is 2.77. The van der Waals surface area contributed by atoms with Gasteiger partial charge in [0, 0.05) is 15.5 Å². The summed E-state index contributed by atoms with van der Waals surface area (Å²) in [5, 5.41) is 0.650. The highest BCUT2D eigenvalue weighted by atomic mass is 79.9. The average molecular weight is 380 g/mol. The standard InChI is InChI=1S/C11H11BrFN3O2S2/c1-6-4-15-11(19-6)5-16-20(17,18)10-3-9(14)8(13)2-7(10)12/h2-4,16H,5,14H2,1H3.